The summed E-state index contributed by atoms with van der Waals surface area (Å²) in [4.78, 5) is 13.6. The highest BCUT2D eigenvalue weighted by molar-refractivity contribution is 5.99. The van der Waals surface area contributed by atoms with Crippen LogP contribution in [0.15, 0.2) is 24.3 Å². The molecule has 0 unspecified atom stereocenters. The molecule has 1 saturated carbocycles. The number of benzene rings is 1. The monoisotopic (exact) mass is 198 g/mol. The molecule has 0 N–H and O–H groups in total. The fourth-order valence-corrected chi connectivity index (χ4v) is 2.55. The van der Waals surface area contributed by atoms with E-state index in [-0.39, 0.29) is 11.8 Å². The number of hydrogen-bond donors (Lipinski definition) is 0. The highest BCUT2D eigenvalue weighted by Gasteiger charge is 2.63. The lowest BCUT2D eigenvalue weighted by molar-refractivity contribution is 0.0729. The van der Waals surface area contributed by atoms with Crippen molar-refractivity contribution in [3.63, 3.8) is 0 Å². The van der Waals surface area contributed by atoms with Crippen LogP contribution in [0, 0.1) is 11.3 Å². The van der Waals surface area contributed by atoms with Crippen molar-refractivity contribution in [2.24, 2.45) is 0 Å². The van der Waals surface area contributed by atoms with Crippen LogP contribution >= 0.6 is 0 Å². The number of amides is 1. The molecule has 3 rings (SSSR count). The summed E-state index contributed by atoms with van der Waals surface area (Å²) in [5.74, 6) is 0.197. The van der Waals surface area contributed by atoms with E-state index in [0.29, 0.717) is 0 Å². The first-order valence-electron chi connectivity index (χ1n) is 4.99. The van der Waals surface area contributed by atoms with Crippen LogP contribution in [0.4, 0.5) is 0 Å². The predicted molar refractivity (Wildman–Crippen MR) is 54.2 cm³/mol. The highest BCUT2D eigenvalue weighted by Crippen LogP contribution is 2.58. The van der Waals surface area contributed by atoms with Crippen molar-refractivity contribution < 1.29 is 4.79 Å². The number of fused-ring (bicyclic) bond motifs is 3. The molecule has 1 aliphatic carbocycles. The van der Waals surface area contributed by atoms with Gasteiger partial charge in [-0.05, 0) is 18.1 Å². The molecule has 3 heteroatoms. The Hall–Kier alpha value is -1.82. The maximum atomic E-state index is 12.0. The molecule has 1 fully saturated rings. The van der Waals surface area contributed by atoms with Gasteiger partial charge in [0.05, 0.1) is 6.07 Å². The Balaban J connectivity index is 2.22. The largest absolute Gasteiger partial charge is 0.322 e. The van der Waals surface area contributed by atoms with Crippen LogP contribution in [0.3, 0.4) is 0 Å². The Morgan fingerprint density at radius 3 is 3.00 bits per heavy atom. The fourth-order valence-electron chi connectivity index (χ4n) is 2.55. The van der Waals surface area contributed by atoms with Gasteiger partial charge >= 0.3 is 0 Å². The summed E-state index contributed by atoms with van der Waals surface area (Å²) < 4.78 is 0. The normalized spacial score (nSPS) is 31.6. The summed E-state index contributed by atoms with van der Waals surface area (Å²) in [6, 6.07) is 9.88. The van der Waals surface area contributed by atoms with Gasteiger partial charge in [-0.15, -0.1) is 0 Å². The number of hydrogen-bond acceptors (Lipinski definition) is 2. The molecule has 0 aromatic heterocycles. The van der Waals surface area contributed by atoms with Crippen LogP contribution in [0.1, 0.15) is 28.3 Å². The van der Waals surface area contributed by atoms with Gasteiger partial charge < -0.3 is 4.90 Å². The van der Waals surface area contributed by atoms with Gasteiger partial charge in [0.15, 0.2) is 0 Å². The van der Waals surface area contributed by atoms with Gasteiger partial charge in [-0.1, -0.05) is 18.2 Å². The van der Waals surface area contributed by atoms with Crippen LogP contribution in [0.25, 0.3) is 0 Å². The Morgan fingerprint density at radius 2 is 2.27 bits per heavy atom. The van der Waals surface area contributed by atoms with E-state index < -0.39 is 5.54 Å². The minimum Gasteiger partial charge on any atom is -0.322 e. The molecule has 0 bridgehead atoms. The molecule has 2 atom stereocenters. The van der Waals surface area contributed by atoms with E-state index in [4.69, 9.17) is 5.26 Å². The van der Waals surface area contributed by atoms with Gasteiger partial charge in [-0.25, -0.2) is 0 Å². The van der Waals surface area contributed by atoms with Crippen LogP contribution in [-0.4, -0.2) is 23.4 Å². The zero-order chi connectivity index (χ0) is 10.6. The van der Waals surface area contributed by atoms with Gasteiger partial charge in [-0.2, -0.15) is 5.26 Å². The average Bonchev–Trinajstić information content (AvgIpc) is 3.02. The van der Waals surface area contributed by atoms with E-state index in [0.717, 1.165) is 17.5 Å². The minimum absolute atomic E-state index is 0.0269. The van der Waals surface area contributed by atoms with Gasteiger partial charge in [-0.3, -0.25) is 4.79 Å². The average molecular weight is 198 g/mol. The van der Waals surface area contributed by atoms with E-state index in [1.807, 2.05) is 24.3 Å². The molecular weight excluding hydrogens is 188 g/mol. The molecule has 1 amide bonds. The zero-order valence-corrected chi connectivity index (χ0v) is 8.40. The molecule has 74 valence electrons. The van der Waals surface area contributed by atoms with Crippen molar-refractivity contribution >= 4 is 5.91 Å². The second-order valence-electron chi connectivity index (χ2n) is 4.24. The van der Waals surface area contributed by atoms with Gasteiger partial charge in [0, 0.05) is 18.5 Å². The molecule has 3 nitrogen and oxygen atoms in total. The smallest absolute Gasteiger partial charge is 0.255 e. The Labute approximate surface area is 87.9 Å². The van der Waals surface area contributed by atoms with E-state index in [9.17, 15) is 4.79 Å². The van der Waals surface area contributed by atoms with Gasteiger partial charge in [0.1, 0.15) is 5.54 Å². The third kappa shape index (κ3) is 0.822. The minimum atomic E-state index is -0.550. The van der Waals surface area contributed by atoms with Crippen molar-refractivity contribution in [1.29, 1.82) is 5.26 Å². The second kappa shape index (κ2) is 2.40. The molecule has 1 heterocycles. The molecule has 1 aromatic carbocycles. The fraction of sp³-hybridized carbons (Fsp3) is 0.333. The number of nitriles is 1. The summed E-state index contributed by atoms with van der Waals surface area (Å²) in [7, 11) is 1.72. The van der Waals surface area contributed by atoms with E-state index in [1.54, 1.807) is 11.9 Å². The maximum Gasteiger partial charge on any atom is 0.255 e. The molecule has 0 radical (unpaired) electrons. The highest BCUT2D eigenvalue weighted by atomic mass is 16.2. The molecule has 1 aliphatic heterocycles. The van der Waals surface area contributed by atoms with Crippen LogP contribution < -0.4 is 0 Å². The summed E-state index contributed by atoms with van der Waals surface area (Å²) >= 11 is 0. The molecule has 0 spiro atoms. The van der Waals surface area contributed by atoms with E-state index in [2.05, 4.69) is 6.07 Å². The lowest BCUT2D eigenvalue weighted by atomic mass is 9.94. The Morgan fingerprint density at radius 1 is 1.53 bits per heavy atom. The number of carbonyl (C=O) groups excluding carboxylic acids is 1. The summed E-state index contributed by atoms with van der Waals surface area (Å²) in [6.45, 7) is 0. The van der Waals surface area contributed by atoms with E-state index in [1.165, 1.54) is 0 Å². The first-order chi connectivity index (χ1) is 7.20. The first kappa shape index (κ1) is 8.49. The molecule has 1 aromatic rings. The third-order valence-corrected chi connectivity index (χ3v) is 3.60. The summed E-state index contributed by atoms with van der Waals surface area (Å²) in [5.41, 5.74) is 1.25. The molecule has 15 heavy (non-hydrogen) atoms. The number of rotatable bonds is 0. The van der Waals surface area contributed by atoms with Crippen molar-refractivity contribution in [2.75, 3.05) is 7.05 Å². The molecular formula is C12H10N2O. The van der Waals surface area contributed by atoms with Crippen molar-refractivity contribution in [1.82, 2.24) is 4.90 Å². The van der Waals surface area contributed by atoms with Gasteiger partial charge in [0.25, 0.3) is 5.91 Å². The molecule has 2 aliphatic rings. The number of carbonyl (C=O) groups is 1. The number of likely N-dealkylation sites (N-methyl/N-ethyl adjacent to an activating group) is 1. The quantitative estimate of drug-likeness (QED) is 0.634. The third-order valence-electron chi connectivity index (χ3n) is 3.60. The van der Waals surface area contributed by atoms with E-state index >= 15 is 0 Å². The summed E-state index contributed by atoms with van der Waals surface area (Å²) in [6.07, 6.45) is 0.781. The van der Waals surface area contributed by atoms with Gasteiger partial charge in [0.2, 0.25) is 0 Å². The lowest BCUT2D eigenvalue weighted by Crippen LogP contribution is -2.42. The number of nitrogens with zero attached hydrogens (tertiary/aromatic N) is 2. The Kier molecular flexibility index (Phi) is 1.36. The Bertz CT molecular complexity index is 503. The topological polar surface area (TPSA) is 44.1 Å². The standard InChI is InChI=1S/C12H10N2O/c1-14-11(15)9-5-3-2-4-8(9)10-6-12(10,14)7-13/h2-5,10H,6H2,1H3/t10-,12+/m1/s1. The second-order valence-corrected chi connectivity index (χ2v) is 4.24. The maximum absolute atomic E-state index is 12.0. The zero-order valence-electron chi connectivity index (χ0n) is 8.40. The van der Waals surface area contributed by atoms with Crippen molar-refractivity contribution in [2.45, 2.75) is 17.9 Å². The van der Waals surface area contributed by atoms with Crippen LogP contribution in [0.2, 0.25) is 0 Å². The van der Waals surface area contributed by atoms with Crippen LogP contribution in [-0.2, 0) is 0 Å². The molecule has 0 saturated heterocycles. The first-order valence-corrected chi connectivity index (χ1v) is 4.99. The van der Waals surface area contributed by atoms with Crippen molar-refractivity contribution in [3.8, 4) is 6.07 Å². The lowest BCUT2D eigenvalue weighted by Gasteiger charge is -2.29. The van der Waals surface area contributed by atoms with Crippen LogP contribution in [0.5, 0.6) is 0 Å². The van der Waals surface area contributed by atoms with Crippen molar-refractivity contribution in [3.05, 3.63) is 35.4 Å². The predicted octanol–water partition coefficient (Wildman–Crippen LogP) is 1.52. The SMILES string of the molecule is CN1C(=O)c2ccccc2[C@H]2C[C@]21C#N. The summed E-state index contributed by atoms with van der Waals surface area (Å²) in [5, 5.41) is 9.16.